The van der Waals surface area contributed by atoms with Crippen LogP contribution in [0.1, 0.15) is 27.2 Å². The lowest BCUT2D eigenvalue weighted by Gasteiger charge is -2.07. The SMILES string of the molecule is Cc1ccc(S(=O)Cc2ncncc2C(=O)O)cc1C. The molecule has 1 N–H and O–H groups in total. The number of benzene rings is 1. The molecule has 0 amide bonds. The third kappa shape index (κ3) is 3.08. The maximum Gasteiger partial charge on any atom is 0.339 e. The molecule has 20 heavy (non-hydrogen) atoms. The first-order valence-electron chi connectivity index (χ1n) is 5.97. The maximum absolute atomic E-state index is 12.3. The predicted molar refractivity (Wildman–Crippen MR) is 75.0 cm³/mol. The average molecular weight is 290 g/mol. The number of carbonyl (C=O) groups is 1. The lowest BCUT2D eigenvalue weighted by Crippen LogP contribution is -2.08. The molecule has 0 aliphatic carbocycles. The molecule has 2 rings (SSSR count). The standard InChI is InChI=1S/C14H14N2O3S/c1-9-3-4-11(5-10(9)2)20(19)7-13-12(14(17)18)6-15-8-16-13/h3-6,8H,7H2,1-2H3,(H,17,18). The van der Waals surface area contributed by atoms with Crippen LogP contribution in [0.25, 0.3) is 0 Å². The molecule has 0 fully saturated rings. The number of hydrogen-bond acceptors (Lipinski definition) is 4. The molecule has 0 radical (unpaired) electrons. The van der Waals surface area contributed by atoms with Gasteiger partial charge in [-0.3, -0.25) is 4.21 Å². The Hall–Kier alpha value is -2.08. The van der Waals surface area contributed by atoms with E-state index in [1.54, 1.807) is 6.07 Å². The molecular formula is C14H14N2O3S. The van der Waals surface area contributed by atoms with Crippen LogP contribution >= 0.6 is 0 Å². The van der Waals surface area contributed by atoms with E-state index in [4.69, 9.17) is 5.11 Å². The smallest absolute Gasteiger partial charge is 0.339 e. The Morgan fingerprint density at radius 3 is 2.70 bits per heavy atom. The van der Waals surface area contributed by atoms with Crippen molar-refractivity contribution in [1.82, 2.24) is 9.97 Å². The molecule has 0 aliphatic heterocycles. The monoisotopic (exact) mass is 290 g/mol. The van der Waals surface area contributed by atoms with Crippen molar-refractivity contribution in [3.8, 4) is 0 Å². The Morgan fingerprint density at radius 2 is 2.05 bits per heavy atom. The van der Waals surface area contributed by atoms with Gasteiger partial charge in [0, 0.05) is 11.1 Å². The Labute approximate surface area is 119 Å². The van der Waals surface area contributed by atoms with Gasteiger partial charge >= 0.3 is 5.97 Å². The molecular weight excluding hydrogens is 276 g/mol. The Kier molecular flexibility index (Phi) is 4.24. The van der Waals surface area contributed by atoms with E-state index in [-0.39, 0.29) is 17.0 Å². The molecule has 1 unspecified atom stereocenters. The van der Waals surface area contributed by atoms with Gasteiger partial charge in [-0.05, 0) is 37.1 Å². The van der Waals surface area contributed by atoms with Crippen LogP contribution in [0.15, 0.2) is 35.6 Å². The van der Waals surface area contributed by atoms with Crippen LogP contribution in [-0.4, -0.2) is 25.3 Å². The third-order valence-corrected chi connectivity index (χ3v) is 4.35. The van der Waals surface area contributed by atoms with Gasteiger partial charge in [0.05, 0.1) is 22.2 Å². The van der Waals surface area contributed by atoms with Crippen LogP contribution in [-0.2, 0) is 16.6 Å². The lowest BCUT2D eigenvalue weighted by atomic mass is 10.1. The quantitative estimate of drug-likeness (QED) is 0.932. The first kappa shape index (κ1) is 14.3. The van der Waals surface area contributed by atoms with E-state index in [1.807, 2.05) is 26.0 Å². The number of aryl methyl sites for hydroxylation is 2. The molecule has 1 atom stereocenters. The summed E-state index contributed by atoms with van der Waals surface area (Å²) in [6, 6.07) is 5.55. The highest BCUT2D eigenvalue weighted by atomic mass is 32.2. The van der Waals surface area contributed by atoms with E-state index in [9.17, 15) is 9.00 Å². The first-order chi connectivity index (χ1) is 9.49. The van der Waals surface area contributed by atoms with E-state index >= 15 is 0 Å². The predicted octanol–water partition coefficient (Wildman–Crippen LogP) is 2.10. The zero-order chi connectivity index (χ0) is 14.7. The summed E-state index contributed by atoms with van der Waals surface area (Å²) < 4.78 is 12.3. The number of hydrogen-bond donors (Lipinski definition) is 1. The summed E-state index contributed by atoms with van der Waals surface area (Å²) in [5, 5.41) is 9.05. The molecule has 0 spiro atoms. The fourth-order valence-corrected chi connectivity index (χ4v) is 2.88. The van der Waals surface area contributed by atoms with Gasteiger partial charge in [-0.1, -0.05) is 6.07 Å². The van der Waals surface area contributed by atoms with Crippen molar-refractivity contribution < 1.29 is 14.1 Å². The summed E-state index contributed by atoms with van der Waals surface area (Å²) in [6.45, 7) is 3.93. The molecule has 1 heterocycles. The number of aromatic nitrogens is 2. The highest BCUT2D eigenvalue weighted by molar-refractivity contribution is 7.84. The Morgan fingerprint density at radius 1 is 1.30 bits per heavy atom. The first-order valence-corrected chi connectivity index (χ1v) is 7.28. The van der Waals surface area contributed by atoms with Gasteiger partial charge in [0.1, 0.15) is 11.9 Å². The van der Waals surface area contributed by atoms with Crippen LogP contribution in [0.3, 0.4) is 0 Å². The lowest BCUT2D eigenvalue weighted by molar-refractivity contribution is 0.0695. The molecule has 0 aliphatic rings. The van der Waals surface area contributed by atoms with Crippen molar-refractivity contribution in [1.29, 1.82) is 0 Å². The molecule has 5 nitrogen and oxygen atoms in total. The van der Waals surface area contributed by atoms with E-state index in [0.717, 1.165) is 11.1 Å². The molecule has 104 valence electrons. The third-order valence-electron chi connectivity index (χ3n) is 3.03. The minimum absolute atomic E-state index is 0.00955. The van der Waals surface area contributed by atoms with Gasteiger partial charge in [-0.15, -0.1) is 0 Å². The topological polar surface area (TPSA) is 80.2 Å². The van der Waals surface area contributed by atoms with Crippen molar-refractivity contribution in [3.63, 3.8) is 0 Å². The molecule has 0 bridgehead atoms. The van der Waals surface area contributed by atoms with Gasteiger partial charge in [0.15, 0.2) is 0 Å². The second kappa shape index (κ2) is 5.92. The van der Waals surface area contributed by atoms with Crippen LogP contribution in [0.2, 0.25) is 0 Å². The zero-order valence-corrected chi connectivity index (χ0v) is 12.0. The Bertz CT molecular complexity index is 686. The number of carboxylic acid groups (broad SMARTS) is 1. The summed E-state index contributed by atoms with van der Waals surface area (Å²) >= 11 is 0. The number of aromatic carboxylic acids is 1. The highest BCUT2D eigenvalue weighted by Gasteiger charge is 2.15. The van der Waals surface area contributed by atoms with Crippen LogP contribution < -0.4 is 0 Å². The van der Waals surface area contributed by atoms with Gasteiger partial charge in [-0.2, -0.15) is 0 Å². The summed E-state index contributed by atoms with van der Waals surface area (Å²) in [5.74, 6) is -1.05. The second-order valence-electron chi connectivity index (χ2n) is 4.42. The number of rotatable bonds is 4. The molecule has 6 heteroatoms. The summed E-state index contributed by atoms with van der Waals surface area (Å²) in [4.78, 5) is 19.3. The molecule has 1 aromatic heterocycles. The van der Waals surface area contributed by atoms with E-state index in [2.05, 4.69) is 9.97 Å². The van der Waals surface area contributed by atoms with Gasteiger partial charge in [0.2, 0.25) is 0 Å². The normalized spacial score (nSPS) is 12.1. The van der Waals surface area contributed by atoms with Gasteiger partial charge in [-0.25, -0.2) is 14.8 Å². The Balaban J connectivity index is 2.28. The van der Waals surface area contributed by atoms with Crippen molar-refractivity contribution in [2.24, 2.45) is 0 Å². The number of nitrogens with zero attached hydrogens (tertiary/aromatic N) is 2. The average Bonchev–Trinajstić information content (AvgIpc) is 2.42. The number of carboxylic acids is 1. The second-order valence-corrected chi connectivity index (χ2v) is 5.88. The molecule has 2 aromatic rings. The largest absolute Gasteiger partial charge is 0.478 e. The minimum Gasteiger partial charge on any atom is -0.478 e. The molecule has 1 aromatic carbocycles. The van der Waals surface area contributed by atoms with Crippen molar-refractivity contribution in [2.45, 2.75) is 24.5 Å². The minimum atomic E-state index is -1.33. The summed E-state index contributed by atoms with van der Waals surface area (Å²) in [5.41, 5.74) is 2.45. The van der Waals surface area contributed by atoms with E-state index in [0.29, 0.717) is 4.90 Å². The van der Waals surface area contributed by atoms with Crippen LogP contribution in [0.5, 0.6) is 0 Å². The zero-order valence-electron chi connectivity index (χ0n) is 11.2. The maximum atomic E-state index is 12.3. The fourth-order valence-electron chi connectivity index (χ4n) is 1.71. The van der Waals surface area contributed by atoms with Crippen molar-refractivity contribution in [2.75, 3.05) is 0 Å². The molecule has 0 saturated heterocycles. The van der Waals surface area contributed by atoms with Crippen LogP contribution in [0.4, 0.5) is 0 Å². The molecule has 0 saturated carbocycles. The van der Waals surface area contributed by atoms with Gasteiger partial charge in [0.25, 0.3) is 0 Å². The van der Waals surface area contributed by atoms with Crippen LogP contribution in [0, 0.1) is 13.8 Å². The van der Waals surface area contributed by atoms with Gasteiger partial charge < -0.3 is 5.11 Å². The van der Waals surface area contributed by atoms with Crippen molar-refractivity contribution >= 4 is 16.8 Å². The van der Waals surface area contributed by atoms with E-state index in [1.165, 1.54) is 12.5 Å². The summed E-state index contributed by atoms with van der Waals surface area (Å²) in [7, 11) is -1.33. The van der Waals surface area contributed by atoms with E-state index < -0.39 is 16.8 Å². The summed E-state index contributed by atoms with van der Waals surface area (Å²) in [6.07, 6.45) is 2.49. The highest BCUT2D eigenvalue weighted by Crippen LogP contribution is 2.17. The fraction of sp³-hybridized carbons (Fsp3) is 0.214. The van der Waals surface area contributed by atoms with Crippen molar-refractivity contribution in [3.05, 3.63) is 53.1 Å².